The molecular weight excluding hydrogens is 240 g/mol. The molecule has 0 saturated heterocycles. The van der Waals surface area contributed by atoms with Gasteiger partial charge in [-0.05, 0) is 17.7 Å². The van der Waals surface area contributed by atoms with Gasteiger partial charge in [-0.25, -0.2) is 4.79 Å². The topological polar surface area (TPSA) is 113 Å². The summed E-state index contributed by atoms with van der Waals surface area (Å²) in [6.45, 7) is 0. The molecule has 18 heavy (non-hydrogen) atoms. The molecule has 7 nitrogen and oxygen atoms in total. The van der Waals surface area contributed by atoms with Crippen molar-refractivity contribution in [3.05, 3.63) is 39.4 Å². The number of carboxylic acid groups (broad SMARTS) is 1. The Bertz CT molecular complexity index is 571. The molecule has 1 aromatic carbocycles. The van der Waals surface area contributed by atoms with Crippen molar-refractivity contribution in [2.75, 3.05) is 7.11 Å². The zero-order chi connectivity index (χ0) is 13.7. The van der Waals surface area contributed by atoms with E-state index in [0.717, 1.165) is 12.1 Å². The van der Waals surface area contributed by atoms with Crippen LogP contribution in [0.4, 0.5) is 5.69 Å². The molecule has 1 N–H and O–H groups in total. The molecule has 0 saturated carbocycles. The van der Waals surface area contributed by atoms with Crippen LogP contribution in [-0.2, 0) is 4.79 Å². The third kappa shape index (κ3) is 2.82. The first-order chi connectivity index (χ1) is 8.49. The van der Waals surface area contributed by atoms with Crippen LogP contribution in [0.5, 0.6) is 5.75 Å². The number of nitriles is 1. The lowest BCUT2D eigenvalue weighted by molar-refractivity contribution is -0.385. The Morgan fingerprint density at radius 1 is 1.61 bits per heavy atom. The number of aliphatic carboxylic acids is 1. The third-order valence-electron chi connectivity index (χ3n) is 2.06. The summed E-state index contributed by atoms with van der Waals surface area (Å²) in [6, 6.07) is 5.38. The molecule has 0 bridgehead atoms. The first kappa shape index (κ1) is 13.2. The van der Waals surface area contributed by atoms with Crippen LogP contribution in [0.3, 0.4) is 0 Å². The minimum absolute atomic E-state index is 0.0611. The molecule has 0 atom stereocenters. The third-order valence-corrected chi connectivity index (χ3v) is 2.06. The van der Waals surface area contributed by atoms with Gasteiger partial charge in [0.1, 0.15) is 11.6 Å². The Balaban J connectivity index is 3.29. The Labute approximate surface area is 102 Å². The van der Waals surface area contributed by atoms with Crippen LogP contribution in [0.2, 0.25) is 0 Å². The van der Waals surface area contributed by atoms with Crippen molar-refractivity contribution in [2.24, 2.45) is 0 Å². The number of ether oxygens (including phenoxy) is 1. The Kier molecular flexibility index (Phi) is 3.99. The lowest BCUT2D eigenvalue weighted by Gasteiger charge is -2.02. The first-order valence-corrected chi connectivity index (χ1v) is 4.67. The van der Waals surface area contributed by atoms with E-state index in [-0.39, 0.29) is 17.0 Å². The van der Waals surface area contributed by atoms with Crippen molar-refractivity contribution < 1.29 is 19.6 Å². The maximum absolute atomic E-state index is 10.7. The number of nitrogens with zero attached hydrogens (tertiary/aromatic N) is 2. The molecule has 7 heteroatoms. The van der Waals surface area contributed by atoms with E-state index in [4.69, 9.17) is 15.1 Å². The summed E-state index contributed by atoms with van der Waals surface area (Å²) in [5.41, 5.74) is -0.565. The molecule has 1 aromatic rings. The predicted molar refractivity (Wildman–Crippen MR) is 60.9 cm³/mol. The number of carbonyl (C=O) groups is 1. The van der Waals surface area contributed by atoms with Gasteiger partial charge in [-0.3, -0.25) is 10.1 Å². The van der Waals surface area contributed by atoms with Crippen molar-refractivity contribution in [3.63, 3.8) is 0 Å². The van der Waals surface area contributed by atoms with E-state index in [1.807, 2.05) is 0 Å². The fourth-order valence-electron chi connectivity index (χ4n) is 1.25. The summed E-state index contributed by atoms with van der Waals surface area (Å²) < 4.78 is 4.80. The van der Waals surface area contributed by atoms with Gasteiger partial charge in [0.05, 0.1) is 12.0 Å². The Hall–Kier alpha value is -2.88. The van der Waals surface area contributed by atoms with Crippen LogP contribution in [0.25, 0.3) is 6.08 Å². The first-order valence-electron chi connectivity index (χ1n) is 4.67. The number of nitro groups is 1. The highest BCUT2D eigenvalue weighted by atomic mass is 16.6. The fraction of sp³-hybridized carbons (Fsp3) is 0.0909. The maximum Gasteiger partial charge on any atom is 0.346 e. The summed E-state index contributed by atoms with van der Waals surface area (Å²) in [5.74, 6) is -1.33. The van der Waals surface area contributed by atoms with Crippen molar-refractivity contribution in [3.8, 4) is 11.8 Å². The van der Waals surface area contributed by atoms with Gasteiger partial charge >= 0.3 is 11.7 Å². The second kappa shape index (κ2) is 5.45. The fourth-order valence-corrected chi connectivity index (χ4v) is 1.25. The van der Waals surface area contributed by atoms with Gasteiger partial charge in [-0.2, -0.15) is 5.26 Å². The van der Waals surface area contributed by atoms with E-state index in [2.05, 4.69) is 0 Å². The Morgan fingerprint density at radius 2 is 2.28 bits per heavy atom. The second-order valence-electron chi connectivity index (χ2n) is 3.16. The summed E-state index contributed by atoms with van der Waals surface area (Å²) in [5, 5.41) is 28.0. The standard InChI is InChI=1S/C11H8N2O5/c1-18-10-3-2-7(5-9(10)13(16)17)4-8(6-12)11(14)15/h2-5H,1H3,(H,14,15). The number of methoxy groups -OCH3 is 1. The molecule has 0 aromatic heterocycles. The van der Waals surface area contributed by atoms with Crippen molar-refractivity contribution in [2.45, 2.75) is 0 Å². The van der Waals surface area contributed by atoms with Crippen molar-refractivity contribution in [1.29, 1.82) is 5.26 Å². The SMILES string of the molecule is COc1ccc(C=C(C#N)C(=O)O)cc1[N+](=O)[O-]. The van der Waals surface area contributed by atoms with Gasteiger partial charge in [-0.1, -0.05) is 6.07 Å². The number of hydrogen-bond donors (Lipinski definition) is 1. The van der Waals surface area contributed by atoms with Gasteiger partial charge in [0.2, 0.25) is 0 Å². The summed E-state index contributed by atoms with van der Waals surface area (Å²) in [7, 11) is 1.29. The zero-order valence-electron chi connectivity index (χ0n) is 9.28. The normalized spacial score (nSPS) is 10.6. The molecule has 0 fully saturated rings. The maximum atomic E-state index is 10.7. The highest BCUT2D eigenvalue weighted by Crippen LogP contribution is 2.28. The monoisotopic (exact) mass is 248 g/mol. The minimum Gasteiger partial charge on any atom is -0.490 e. The van der Waals surface area contributed by atoms with E-state index in [1.54, 1.807) is 0 Å². The molecule has 0 heterocycles. The average molecular weight is 248 g/mol. The van der Waals surface area contributed by atoms with E-state index >= 15 is 0 Å². The highest BCUT2D eigenvalue weighted by Gasteiger charge is 2.15. The van der Waals surface area contributed by atoms with Gasteiger partial charge in [0, 0.05) is 6.07 Å². The summed E-state index contributed by atoms with van der Waals surface area (Å²) in [4.78, 5) is 20.7. The molecule has 0 aliphatic rings. The number of carboxylic acids is 1. The van der Waals surface area contributed by atoms with Crippen LogP contribution in [0, 0.1) is 21.4 Å². The summed E-state index contributed by atoms with van der Waals surface area (Å²) in [6.07, 6.45) is 1.05. The van der Waals surface area contributed by atoms with Crippen LogP contribution < -0.4 is 4.74 Å². The minimum atomic E-state index is -1.39. The molecule has 0 amide bonds. The second-order valence-corrected chi connectivity index (χ2v) is 3.16. The van der Waals surface area contributed by atoms with Crippen molar-refractivity contribution >= 4 is 17.7 Å². The lowest BCUT2D eigenvalue weighted by Crippen LogP contribution is -1.98. The van der Waals surface area contributed by atoms with Crippen LogP contribution >= 0.6 is 0 Å². The molecule has 0 unspecified atom stereocenters. The van der Waals surface area contributed by atoms with Gasteiger partial charge in [0.15, 0.2) is 5.75 Å². The van der Waals surface area contributed by atoms with Gasteiger partial charge < -0.3 is 9.84 Å². The molecule has 0 aliphatic heterocycles. The van der Waals surface area contributed by atoms with E-state index < -0.39 is 16.5 Å². The number of nitro benzene ring substituents is 1. The molecule has 0 radical (unpaired) electrons. The number of benzene rings is 1. The molecular formula is C11H8N2O5. The van der Waals surface area contributed by atoms with Crippen LogP contribution in [-0.4, -0.2) is 23.1 Å². The highest BCUT2D eigenvalue weighted by molar-refractivity contribution is 5.96. The molecule has 0 aliphatic carbocycles. The Morgan fingerprint density at radius 3 is 2.72 bits per heavy atom. The number of hydrogen-bond acceptors (Lipinski definition) is 5. The zero-order valence-corrected chi connectivity index (χ0v) is 9.28. The van der Waals surface area contributed by atoms with Gasteiger partial charge in [-0.15, -0.1) is 0 Å². The lowest BCUT2D eigenvalue weighted by atomic mass is 10.1. The molecule has 92 valence electrons. The van der Waals surface area contributed by atoms with E-state index in [1.165, 1.54) is 25.3 Å². The largest absolute Gasteiger partial charge is 0.490 e. The molecule has 1 rings (SSSR count). The quantitative estimate of drug-likeness (QED) is 0.374. The van der Waals surface area contributed by atoms with Crippen molar-refractivity contribution in [1.82, 2.24) is 0 Å². The van der Waals surface area contributed by atoms with Crippen LogP contribution in [0.1, 0.15) is 5.56 Å². The van der Waals surface area contributed by atoms with Gasteiger partial charge in [0.25, 0.3) is 0 Å². The summed E-state index contributed by atoms with van der Waals surface area (Å²) >= 11 is 0. The number of rotatable bonds is 4. The van der Waals surface area contributed by atoms with E-state index in [0.29, 0.717) is 0 Å². The van der Waals surface area contributed by atoms with Crippen LogP contribution in [0.15, 0.2) is 23.8 Å². The molecule has 0 spiro atoms. The smallest absolute Gasteiger partial charge is 0.346 e. The van der Waals surface area contributed by atoms with E-state index in [9.17, 15) is 14.9 Å². The predicted octanol–water partition coefficient (Wildman–Crippen LogP) is 1.59. The average Bonchev–Trinajstić information content (AvgIpc) is 2.35.